The van der Waals surface area contributed by atoms with E-state index >= 15 is 8.78 Å². The summed E-state index contributed by atoms with van der Waals surface area (Å²) >= 11 is 0. The van der Waals surface area contributed by atoms with Crippen molar-refractivity contribution in [1.29, 1.82) is 0 Å². The van der Waals surface area contributed by atoms with Gasteiger partial charge < -0.3 is 34.3 Å². The summed E-state index contributed by atoms with van der Waals surface area (Å²) in [4.78, 5) is 58.9. The molecule has 6 fully saturated rings. The van der Waals surface area contributed by atoms with Crippen molar-refractivity contribution in [2.45, 2.75) is 89.3 Å². The lowest BCUT2D eigenvalue weighted by molar-refractivity contribution is -0.135. The number of imide groups is 1. The minimum atomic E-state index is -0.771. The number of aromatic hydroxyl groups is 1. The van der Waals surface area contributed by atoms with E-state index < -0.39 is 29.3 Å². The molecule has 12 rings (SSSR count). The SMILES string of the molecule is CCc1c(F)ccc2cc(O)cc(-c3ncc4c(N5CC6CCC(C5)N6)nc(OCC5(CN6CCC7(CC6)CN(CCc6cccc8c6oc(=O)n8C6CCC(=O)NC6=O)C7)CC5)nc4c3F)c12. The first-order valence-corrected chi connectivity index (χ1v) is 24.3. The molecule has 6 aromatic rings. The minimum absolute atomic E-state index is 0.0162. The molecule has 5 saturated heterocycles. The molecule has 3 aromatic heterocycles. The number of ether oxygens (including phenoxy) is 1. The number of aryl methyl sites for hydroxylation is 1. The molecule has 3 atom stereocenters. The zero-order valence-corrected chi connectivity index (χ0v) is 38.2. The number of amides is 2. The van der Waals surface area contributed by atoms with Crippen LogP contribution < -0.4 is 26.0 Å². The smallest absolute Gasteiger partial charge is 0.420 e. The molecule has 2 amide bonds. The summed E-state index contributed by atoms with van der Waals surface area (Å²) in [6, 6.07) is 11.6. The first-order chi connectivity index (χ1) is 32.9. The molecule has 2 bridgehead atoms. The molecule has 1 spiro atoms. The molecule has 1 aliphatic carbocycles. The summed E-state index contributed by atoms with van der Waals surface area (Å²) in [6.07, 6.45) is 9.54. The van der Waals surface area contributed by atoms with Gasteiger partial charge in [0.1, 0.15) is 34.6 Å². The summed E-state index contributed by atoms with van der Waals surface area (Å²) in [7, 11) is 0. The van der Waals surface area contributed by atoms with E-state index in [0.29, 0.717) is 75.7 Å². The third-order valence-corrected chi connectivity index (χ3v) is 15.9. The van der Waals surface area contributed by atoms with Gasteiger partial charge >= 0.3 is 11.8 Å². The van der Waals surface area contributed by atoms with Crippen LogP contribution in [0.2, 0.25) is 0 Å². The molecule has 0 radical (unpaired) electrons. The van der Waals surface area contributed by atoms with E-state index in [9.17, 15) is 19.5 Å². The number of hydrogen-bond acceptors (Lipinski definition) is 13. The zero-order chi connectivity index (χ0) is 46.5. The Bertz CT molecular complexity index is 3070. The van der Waals surface area contributed by atoms with Crippen molar-refractivity contribution in [2.24, 2.45) is 10.8 Å². The summed E-state index contributed by atoms with van der Waals surface area (Å²) in [5, 5.41) is 18.4. The molecule has 15 nitrogen and oxygen atoms in total. The quantitative estimate of drug-likeness (QED) is 0.122. The maximum Gasteiger partial charge on any atom is 0.420 e. The first-order valence-electron chi connectivity index (χ1n) is 24.3. The number of phenols is 1. The Balaban J connectivity index is 0.717. The highest BCUT2D eigenvalue weighted by Crippen LogP contribution is 2.49. The number of oxazole rings is 1. The number of phenolic OH excluding ortho intramolecular Hbond substituents is 1. The van der Waals surface area contributed by atoms with Crippen molar-refractivity contribution < 1.29 is 32.6 Å². The van der Waals surface area contributed by atoms with Gasteiger partial charge in [-0.25, -0.2) is 13.6 Å². The molecular weight excluding hydrogens is 873 g/mol. The van der Waals surface area contributed by atoms with Crippen LogP contribution in [0.25, 0.3) is 44.0 Å². The lowest BCUT2D eigenvalue weighted by atomic mass is 9.71. The second-order valence-corrected chi connectivity index (χ2v) is 20.5. The number of nitrogens with one attached hydrogen (secondary N) is 2. The normalized spacial score (nSPS) is 23.5. The monoisotopic (exact) mass is 927 g/mol. The Morgan fingerprint density at radius 1 is 0.956 bits per heavy atom. The van der Waals surface area contributed by atoms with Gasteiger partial charge in [0.15, 0.2) is 11.4 Å². The Labute approximate surface area is 390 Å². The predicted octanol–water partition coefficient (Wildman–Crippen LogP) is 6.02. The standard InChI is InChI=1S/C51H55F2N9O6/c1-2-34-37(52)9-6-30-20-33(63)21-35(41(30)34)43-42(53)44-36(22-54-43)46(61-23-31-7-8-32(24-61)55-31)58-48(57-44)67-28-51(13-14-51)27-59-18-15-50(16-19-59)25-60(26-50)17-12-29-4-3-5-38-45(29)68-49(66)62(38)39-10-11-40(64)56-47(39)65/h3-6,9,20-22,31-32,39,55,63H,2,7-8,10-19,23-28H2,1H3,(H,56,64,65). The number of para-hydroxylation sites is 1. The number of carbonyl (C=O) groups excluding carboxylic acids is 2. The number of aromatic nitrogens is 4. The summed E-state index contributed by atoms with van der Waals surface area (Å²) < 4.78 is 46.0. The molecule has 3 unspecified atom stereocenters. The van der Waals surface area contributed by atoms with Gasteiger partial charge in [-0.1, -0.05) is 25.1 Å². The predicted molar refractivity (Wildman–Crippen MR) is 251 cm³/mol. The number of hydrogen-bond donors (Lipinski definition) is 3. The van der Waals surface area contributed by atoms with Gasteiger partial charge in [0.2, 0.25) is 11.8 Å². The van der Waals surface area contributed by atoms with E-state index in [2.05, 4.69) is 30.3 Å². The van der Waals surface area contributed by atoms with Gasteiger partial charge in [0, 0.05) is 74.9 Å². The highest BCUT2D eigenvalue weighted by Gasteiger charge is 2.49. The van der Waals surface area contributed by atoms with Gasteiger partial charge in [0.25, 0.3) is 0 Å². The summed E-state index contributed by atoms with van der Waals surface area (Å²) in [5.41, 5.74) is 3.05. The van der Waals surface area contributed by atoms with Crippen LogP contribution in [0.4, 0.5) is 14.6 Å². The van der Waals surface area contributed by atoms with E-state index in [4.69, 9.17) is 19.1 Å². The van der Waals surface area contributed by atoms with Crippen molar-refractivity contribution in [3.8, 4) is 23.0 Å². The number of halogens is 2. The maximum absolute atomic E-state index is 17.2. The van der Waals surface area contributed by atoms with E-state index in [-0.39, 0.29) is 52.5 Å². The Hall–Kier alpha value is -6.04. The second-order valence-electron chi connectivity index (χ2n) is 20.5. The van der Waals surface area contributed by atoms with E-state index in [1.807, 2.05) is 19.1 Å². The number of pyridine rings is 1. The van der Waals surface area contributed by atoms with Crippen LogP contribution >= 0.6 is 0 Å². The van der Waals surface area contributed by atoms with Crippen LogP contribution in [-0.2, 0) is 22.4 Å². The van der Waals surface area contributed by atoms with Crippen molar-refractivity contribution in [1.82, 2.24) is 40.0 Å². The number of fused-ring (bicyclic) bond motifs is 5. The number of rotatable bonds is 12. The third kappa shape index (κ3) is 7.66. The van der Waals surface area contributed by atoms with Crippen LogP contribution in [0.1, 0.15) is 75.5 Å². The van der Waals surface area contributed by atoms with E-state index in [1.54, 1.807) is 24.4 Å². The maximum atomic E-state index is 17.2. The molecule has 17 heteroatoms. The van der Waals surface area contributed by atoms with Crippen LogP contribution in [0, 0.1) is 22.5 Å². The summed E-state index contributed by atoms with van der Waals surface area (Å²) in [6.45, 7) is 9.51. The largest absolute Gasteiger partial charge is 0.508 e. The van der Waals surface area contributed by atoms with Gasteiger partial charge in [-0.3, -0.25) is 24.5 Å². The molecule has 354 valence electrons. The van der Waals surface area contributed by atoms with Crippen molar-refractivity contribution >= 4 is 50.4 Å². The fourth-order valence-corrected chi connectivity index (χ4v) is 12.1. The van der Waals surface area contributed by atoms with Crippen LogP contribution in [-0.4, -0.2) is 117 Å². The van der Waals surface area contributed by atoms with Gasteiger partial charge in [-0.05, 0) is 122 Å². The molecule has 6 aliphatic rings. The highest BCUT2D eigenvalue weighted by molar-refractivity contribution is 6.02. The number of likely N-dealkylation sites (tertiary alicyclic amines) is 2. The zero-order valence-electron chi connectivity index (χ0n) is 38.2. The average molecular weight is 928 g/mol. The van der Waals surface area contributed by atoms with Crippen LogP contribution in [0.15, 0.2) is 57.9 Å². The molecule has 5 aliphatic heterocycles. The van der Waals surface area contributed by atoms with Crippen molar-refractivity contribution in [3.05, 3.63) is 82.0 Å². The fraction of sp³-hybridized carbons (Fsp3) is 0.490. The van der Waals surface area contributed by atoms with Gasteiger partial charge in [-0.2, -0.15) is 9.97 Å². The molecule has 3 aromatic carbocycles. The van der Waals surface area contributed by atoms with Crippen molar-refractivity contribution in [2.75, 3.05) is 63.9 Å². The van der Waals surface area contributed by atoms with Gasteiger partial charge in [-0.15, -0.1) is 0 Å². The van der Waals surface area contributed by atoms with E-state index in [1.165, 1.54) is 16.7 Å². The lowest BCUT2D eigenvalue weighted by Gasteiger charge is -2.54. The molecule has 1 saturated carbocycles. The topological polar surface area (TPSA) is 171 Å². The molecule has 3 N–H and O–H groups in total. The molecule has 68 heavy (non-hydrogen) atoms. The summed E-state index contributed by atoms with van der Waals surface area (Å²) in [5.74, 6) is -1.93. The minimum Gasteiger partial charge on any atom is -0.508 e. The van der Waals surface area contributed by atoms with Gasteiger partial charge in [0.05, 0.1) is 17.5 Å². The van der Waals surface area contributed by atoms with Crippen LogP contribution in [0.3, 0.4) is 0 Å². The van der Waals surface area contributed by atoms with Crippen molar-refractivity contribution in [3.63, 3.8) is 0 Å². The lowest BCUT2D eigenvalue weighted by Crippen LogP contribution is -2.60. The first kappa shape index (κ1) is 43.3. The number of piperazine rings is 1. The molecular formula is C51H55F2N9O6. The average Bonchev–Trinajstić information content (AvgIpc) is 3.88. The number of anilines is 1. The highest BCUT2D eigenvalue weighted by atomic mass is 19.1. The number of carbonyl (C=O) groups is 2. The molecule has 8 heterocycles. The number of nitrogens with zero attached hydrogens (tertiary/aromatic N) is 7. The number of benzene rings is 3. The van der Waals surface area contributed by atoms with Crippen LogP contribution in [0.5, 0.6) is 11.8 Å². The third-order valence-electron chi connectivity index (χ3n) is 15.9. The Kier molecular flexibility index (Phi) is 10.5. The number of piperidine rings is 2. The second kappa shape index (κ2) is 16.6. The fourth-order valence-electron chi connectivity index (χ4n) is 12.1. The Morgan fingerprint density at radius 2 is 1.75 bits per heavy atom. The van der Waals surface area contributed by atoms with E-state index in [0.717, 1.165) is 96.4 Å². The Morgan fingerprint density at radius 3 is 2.50 bits per heavy atom.